The topological polar surface area (TPSA) is 50.2 Å². The average Bonchev–Trinajstić information content (AvgIpc) is 3.19. The number of benzene rings is 2. The van der Waals surface area contributed by atoms with Gasteiger partial charge in [0, 0.05) is 45.3 Å². The molecule has 2 heterocycles. The predicted octanol–water partition coefficient (Wildman–Crippen LogP) is 6.75. The van der Waals surface area contributed by atoms with Gasteiger partial charge in [-0.2, -0.15) is 0 Å². The second kappa shape index (κ2) is 9.59. The number of ketones is 1. The zero-order valence-corrected chi connectivity index (χ0v) is 18.2. The summed E-state index contributed by atoms with van der Waals surface area (Å²) in [6, 6.07) is 18.0. The quantitative estimate of drug-likeness (QED) is 0.266. The van der Waals surface area contributed by atoms with Crippen LogP contribution < -0.4 is 0 Å². The molecule has 1 N–H and O–H groups in total. The van der Waals surface area contributed by atoms with Crippen LogP contribution in [0.4, 0.5) is 4.39 Å². The number of aromatic nitrogens is 1. The maximum absolute atomic E-state index is 13.6. The molecule has 0 unspecified atom stereocenters. The van der Waals surface area contributed by atoms with Crippen LogP contribution in [0.3, 0.4) is 0 Å². The summed E-state index contributed by atoms with van der Waals surface area (Å²) in [7, 11) is 0. The number of Topliss-reactive ketones (excluding diaryl/α,β-unsaturated/α-hetero) is 1. The van der Waals surface area contributed by atoms with E-state index in [1.165, 1.54) is 12.1 Å². The third-order valence-corrected chi connectivity index (χ3v) is 6.49. The van der Waals surface area contributed by atoms with Crippen molar-refractivity contribution in [3.05, 3.63) is 89.3 Å². The molecule has 0 aliphatic heterocycles. The molecule has 0 aliphatic rings. The minimum absolute atomic E-state index is 0.0154. The summed E-state index contributed by atoms with van der Waals surface area (Å²) in [5.74, 6) is 2.46. The van der Waals surface area contributed by atoms with E-state index in [0.29, 0.717) is 18.4 Å². The van der Waals surface area contributed by atoms with E-state index >= 15 is 0 Å². The molecular weight excluding hydrogens is 421 g/mol. The summed E-state index contributed by atoms with van der Waals surface area (Å²) in [5.41, 5.74) is 5.64. The Hall–Kier alpha value is -3.75. The number of halogens is 1. The Morgan fingerprint density at radius 1 is 0.938 bits per heavy atom. The van der Waals surface area contributed by atoms with Crippen molar-refractivity contribution < 1.29 is 14.3 Å². The smallest absolute Gasteiger partial charge is 0.159 e. The molecule has 158 valence electrons. The van der Waals surface area contributed by atoms with Gasteiger partial charge in [-0.1, -0.05) is 42.3 Å². The molecule has 2 aromatic heterocycles. The van der Waals surface area contributed by atoms with Crippen LogP contribution in [-0.2, 0) is 6.42 Å². The van der Waals surface area contributed by atoms with Gasteiger partial charge in [0.2, 0.25) is 0 Å². The van der Waals surface area contributed by atoms with Crippen molar-refractivity contribution in [1.29, 1.82) is 0 Å². The summed E-state index contributed by atoms with van der Waals surface area (Å²) in [5, 5.41) is 8.92. The number of pyridine rings is 1. The van der Waals surface area contributed by atoms with E-state index < -0.39 is 0 Å². The molecule has 4 rings (SSSR count). The molecule has 5 heteroatoms. The summed E-state index contributed by atoms with van der Waals surface area (Å²) in [4.78, 5) is 18.0. The number of aliphatic hydroxyl groups is 1. The first kappa shape index (κ1) is 21.5. The molecule has 3 nitrogen and oxygen atoms in total. The molecule has 0 aliphatic carbocycles. The molecule has 0 atom stereocenters. The third kappa shape index (κ3) is 4.46. The first-order valence-electron chi connectivity index (χ1n) is 10.1. The number of carbonyl (C=O) groups excluding carboxylic acids is 1. The number of hydrogen-bond acceptors (Lipinski definition) is 4. The Labute approximate surface area is 190 Å². The summed E-state index contributed by atoms with van der Waals surface area (Å²) >= 11 is 1.64. The second-order valence-electron chi connectivity index (χ2n) is 7.27. The predicted molar refractivity (Wildman–Crippen MR) is 126 cm³/mol. The average molecular weight is 442 g/mol. The Kier molecular flexibility index (Phi) is 6.44. The SMILES string of the molecule is CC(=O)c1ccc(-c2c(CCC#CO)sc(-c3ccc(F)cc3)c2-c2ccncc2)cc1. The number of thiophene rings is 1. The highest BCUT2D eigenvalue weighted by Crippen LogP contribution is 2.48. The van der Waals surface area contributed by atoms with E-state index in [1.807, 2.05) is 42.5 Å². The van der Waals surface area contributed by atoms with Gasteiger partial charge in [-0.3, -0.25) is 9.78 Å². The van der Waals surface area contributed by atoms with E-state index in [1.54, 1.807) is 42.8 Å². The van der Waals surface area contributed by atoms with E-state index in [2.05, 4.69) is 10.9 Å². The van der Waals surface area contributed by atoms with E-state index in [9.17, 15) is 9.18 Å². The van der Waals surface area contributed by atoms with Crippen LogP contribution in [0.5, 0.6) is 0 Å². The molecule has 2 aromatic carbocycles. The zero-order chi connectivity index (χ0) is 22.5. The molecule has 0 bridgehead atoms. The number of nitrogens with zero attached hydrogens (tertiary/aromatic N) is 1. The zero-order valence-electron chi connectivity index (χ0n) is 17.4. The van der Waals surface area contributed by atoms with Gasteiger partial charge in [0.25, 0.3) is 0 Å². The van der Waals surface area contributed by atoms with Crippen LogP contribution in [0.15, 0.2) is 73.1 Å². The van der Waals surface area contributed by atoms with E-state index in [0.717, 1.165) is 37.6 Å². The van der Waals surface area contributed by atoms with Crippen LogP contribution in [0, 0.1) is 17.8 Å². The van der Waals surface area contributed by atoms with Crippen LogP contribution in [-0.4, -0.2) is 15.9 Å². The van der Waals surface area contributed by atoms with E-state index in [4.69, 9.17) is 5.11 Å². The first-order valence-corrected chi connectivity index (χ1v) is 11.0. The highest BCUT2D eigenvalue weighted by atomic mass is 32.1. The van der Waals surface area contributed by atoms with Crippen LogP contribution >= 0.6 is 11.3 Å². The Bertz CT molecular complexity index is 1300. The van der Waals surface area contributed by atoms with Crippen molar-refractivity contribution in [2.75, 3.05) is 0 Å². The Balaban J connectivity index is 1.98. The van der Waals surface area contributed by atoms with Crippen LogP contribution in [0.1, 0.15) is 28.6 Å². The highest BCUT2D eigenvalue weighted by Gasteiger charge is 2.22. The minimum Gasteiger partial charge on any atom is -0.462 e. The van der Waals surface area contributed by atoms with Gasteiger partial charge in [-0.15, -0.1) is 11.3 Å². The fraction of sp³-hybridized carbons (Fsp3) is 0.111. The Morgan fingerprint density at radius 2 is 1.56 bits per heavy atom. The number of aryl methyl sites for hydroxylation is 1. The van der Waals surface area contributed by atoms with Gasteiger partial charge in [0.15, 0.2) is 5.78 Å². The number of carbonyl (C=O) groups is 1. The van der Waals surface area contributed by atoms with Gasteiger partial charge >= 0.3 is 0 Å². The standard InChI is InChI=1S/C27H20FNO2S/c1-18(31)19-5-7-20(8-6-19)25-24(4-2-3-17-30)32-27(22-9-11-23(28)12-10-22)26(25)21-13-15-29-16-14-21/h5-16,30H,2,4H2,1H3. The summed E-state index contributed by atoms with van der Waals surface area (Å²) < 4.78 is 13.6. The molecule has 0 amide bonds. The normalized spacial score (nSPS) is 10.4. The van der Waals surface area contributed by atoms with Gasteiger partial charge in [-0.25, -0.2) is 4.39 Å². The van der Waals surface area contributed by atoms with Crippen molar-refractivity contribution in [2.45, 2.75) is 19.8 Å². The minimum atomic E-state index is -0.283. The van der Waals surface area contributed by atoms with Crippen molar-refractivity contribution in [2.24, 2.45) is 0 Å². The van der Waals surface area contributed by atoms with Crippen molar-refractivity contribution >= 4 is 17.1 Å². The van der Waals surface area contributed by atoms with Gasteiger partial charge < -0.3 is 5.11 Å². The lowest BCUT2D eigenvalue weighted by molar-refractivity contribution is 0.101. The molecule has 4 aromatic rings. The molecule has 32 heavy (non-hydrogen) atoms. The summed E-state index contributed by atoms with van der Waals surface area (Å²) in [6.45, 7) is 1.55. The van der Waals surface area contributed by atoms with Crippen molar-refractivity contribution in [3.63, 3.8) is 0 Å². The molecule has 0 fully saturated rings. The molecular formula is C27H20FNO2S. The van der Waals surface area contributed by atoms with Crippen LogP contribution in [0.25, 0.3) is 32.7 Å². The lowest BCUT2D eigenvalue weighted by atomic mass is 9.92. The van der Waals surface area contributed by atoms with Gasteiger partial charge in [0.05, 0.1) is 0 Å². The lowest BCUT2D eigenvalue weighted by Gasteiger charge is -2.11. The highest BCUT2D eigenvalue weighted by molar-refractivity contribution is 7.16. The lowest BCUT2D eigenvalue weighted by Crippen LogP contribution is -1.92. The first-order chi connectivity index (χ1) is 15.6. The maximum Gasteiger partial charge on any atom is 0.159 e. The molecule has 0 spiro atoms. The Morgan fingerprint density at radius 3 is 2.19 bits per heavy atom. The number of rotatable bonds is 6. The number of aliphatic hydroxyl groups excluding tert-OH is 1. The van der Waals surface area contributed by atoms with Gasteiger partial charge in [-0.05, 0) is 54.3 Å². The van der Waals surface area contributed by atoms with Gasteiger partial charge in [0.1, 0.15) is 11.9 Å². The fourth-order valence-electron chi connectivity index (χ4n) is 3.66. The van der Waals surface area contributed by atoms with E-state index in [-0.39, 0.29) is 11.6 Å². The maximum atomic E-state index is 13.6. The summed E-state index contributed by atoms with van der Waals surface area (Å²) in [6.07, 6.45) is 6.64. The molecule has 0 saturated carbocycles. The fourth-order valence-corrected chi connectivity index (χ4v) is 5.01. The molecule has 0 radical (unpaired) electrons. The van der Waals surface area contributed by atoms with Crippen molar-refractivity contribution in [1.82, 2.24) is 4.98 Å². The second-order valence-corrected chi connectivity index (χ2v) is 8.37. The van der Waals surface area contributed by atoms with Crippen molar-refractivity contribution in [3.8, 4) is 44.7 Å². The van der Waals surface area contributed by atoms with Crippen LogP contribution in [0.2, 0.25) is 0 Å². The third-order valence-electron chi connectivity index (χ3n) is 5.19. The molecule has 0 saturated heterocycles. The monoisotopic (exact) mass is 441 g/mol. The number of hydrogen-bond donors (Lipinski definition) is 1. The largest absolute Gasteiger partial charge is 0.462 e.